The van der Waals surface area contributed by atoms with Gasteiger partial charge in [-0.1, -0.05) is 23.7 Å². The van der Waals surface area contributed by atoms with Gasteiger partial charge >= 0.3 is 0 Å². The Morgan fingerprint density at radius 1 is 1.29 bits per heavy atom. The van der Waals surface area contributed by atoms with Gasteiger partial charge in [0, 0.05) is 29.0 Å². The van der Waals surface area contributed by atoms with Gasteiger partial charge in [0.2, 0.25) is 0 Å². The van der Waals surface area contributed by atoms with Crippen LogP contribution in [0.25, 0.3) is 10.4 Å². The number of nitrogens with two attached hydrogens (primary N) is 1. The number of likely N-dealkylation sites (tertiary alicyclic amines) is 1. The Morgan fingerprint density at radius 2 is 2.12 bits per heavy atom. The monoisotopic (exact) mass is 360 g/mol. The predicted molar refractivity (Wildman–Crippen MR) is 99.6 cm³/mol. The van der Waals surface area contributed by atoms with Gasteiger partial charge in [-0.2, -0.15) is 0 Å². The molecule has 1 aliphatic heterocycles. The van der Waals surface area contributed by atoms with Gasteiger partial charge in [0.15, 0.2) is 0 Å². The molecule has 2 N–H and O–H groups in total. The van der Waals surface area contributed by atoms with Crippen molar-refractivity contribution in [3.05, 3.63) is 45.8 Å². The largest absolute Gasteiger partial charge is 0.337 e. The summed E-state index contributed by atoms with van der Waals surface area (Å²) in [4.78, 5) is 16.9. The molecule has 2 aromatic rings. The molecule has 1 aliphatic carbocycles. The Balaban J connectivity index is 1.57. The average Bonchev–Trinajstić information content (AvgIpc) is 3.23. The molecular weight excluding hydrogens is 340 g/mol. The number of aryl methyl sites for hydroxylation is 1. The summed E-state index contributed by atoms with van der Waals surface area (Å²) in [6.45, 7) is 3.73. The number of carbonyl (C=O) groups excluding carboxylic acids is 1. The molecule has 1 saturated heterocycles. The summed E-state index contributed by atoms with van der Waals surface area (Å²) in [5, 5.41) is 0.717. The Labute approximate surface area is 151 Å². The molecule has 1 aromatic heterocycles. The van der Waals surface area contributed by atoms with Gasteiger partial charge in [-0.05, 0) is 60.9 Å². The van der Waals surface area contributed by atoms with Crippen molar-refractivity contribution in [1.82, 2.24) is 4.90 Å². The molecule has 4 rings (SSSR count). The van der Waals surface area contributed by atoms with Crippen LogP contribution in [-0.4, -0.2) is 29.9 Å². The fraction of sp³-hybridized carbons (Fsp3) is 0.421. The number of amides is 1. The van der Waals surface area contributed by atoms with E-state index in [1.807, 2.05) is 35.2 Å². The lowest BCUT2D eigenvalue weighted by Crippen LogP contribution is -2.33. The maximum atomic E-state index is 12.9. The molecule has 1 aromatic carbocycles. The minimum atomic E-state index is 0.151. The number of nitrogens with zero attached hydrogens (tertiary/aromatic N) is 1. The summed E-state index contributed by atoms with van der Waals surface area (Å²) in [6.07, 6.45) is 2.27. The fourth-order valence-corrected chi connectivity index (χ4v) is 5.46. The average molecular weight is 361 g/mol. The highest BCUT2D eigenvalue weighted by atomic mass is 35.5. The summed E-state index contributed by atoms with van der Waals surface area (Å²) < 4.78 is 0. The third kappa shape index (κ3) is 2.77. The molecule has 0 bridgehead atoms. The molecule has 3 nitrogen and oxygen atoms in total. The molecule has 1 amide bonds. The van der Waals surface area contributed by atoms with Crippen LogP contribution in [0.2, 0.25) is 5.02 Å². The number of halogens is 1. The molecule has 126 valence electrons. The van der Waals surface area contributed by atoms with Crippen LogP contribution in [0.15, 0.2) is 30.3 Å². The van der Waals surface area contributed by atoms with Crippen molar-refractivity contribution in [3.8, 4) is 10.4 Å². The molecule has 2 aliphatic rings. The highest BCUT2D eigenvalue weighted by Gasteiger charge is 2.42. The lowest BCUT2D eigenvalue weighted by molar-refractivity contribution is 0.0784. The Morgan fingerprint density at radius 3 is 2.88 bits per heavy atom. The van der Waals surface area contributed by atoms with Crippen LogP contribution in [0, 0.1) is 18.8 Å². The molecule has 2 heterocycles. The van der Waals surface area contributed by atoms with Gasteiger partial charge in [0.25, 0.3) is 5.91 Å². The minimum Gasteiger partial charge on any atom is -0.337 e. The summed E-state index contributed by atoms with van der Waals surface area (Å²) >= 11 is 7.67. The molecule has 2 fully saturated rings. The molecule has 5 heteroatoms. The summed E-state index contributed by atoms with van der Waals surface area (Å²) in [7, 11) is 0. The van der Waals surface area contributed by atoms with E-state index in [2.05, 4.69) is 6.92 Å². The first-order chi connectivity index (χ1) is 11.5. The van der Waals surface area contributed by atoms with Crippen LogP contribution in [0.1, 0.15) is 28.1 Å². The van der Waals surface area contributed by atoms with Crippen molar-refractivity contribution in [1.29, 1.82) is 0 Å². The lowest BCUT2D eigenvalue weighted by Gasteiger charge is -2.17. The van der Waals surface area contributed by atoms with Gasteiger partial charge in [-0.25, -0.2) is 0 Å². The van der Waals surface area contributed by atoms with Crippen molar-refractivity contribution < 1.29 is 4.79 Å². The SMILES string of the molecule is Cc1cc(C(=O)N2CC3CCC(N)C3C2)sc1-c1cccc(Cl)c1. The first-order valence-corrected chi connectivity index (χ1v) is 9.63. The van der Waals surface area contributed by atoms with E-state index in [1.54, 1.807) is 11.3 Å². The molecule has 1 saturated carbocycles. The number of carbonyl (C=O) groups is 1. The first-order valence-electron chi connectivity index (χ1n) is 8.44. The van der Waals surface area contributed by atoms with E-state index in [9.17, 15) is 4.79 Å². The predicted octanol–water partition coefficient (Wildman–Crippen LogP) is 4.19. The zero-order chi connectivity index (χ0) is 16.8. The standard InChI is InChI=1S/C19H21ClN2OS/c1-11-7-17(24-18(11)12-3-2-4-14(20)8-12)19(23)22-9-13-5-6-16(21)15(13)10-22/h2-4,7-8,13,15-16H,5-6,9-10,21H2,1H3. The maximum Gasteiger partial charge on any atom is 0.263 e. The van der Waals surface area contributed by atoms with E-state index in [-0.39, 0.29) is 11.9 Å². The Bertz CT molecular complexity index is 787. The quantitative estimate of drug-likeness (QED) is 0.872. The van der Waals surface area contributed by atoms with Crippen LogP contribution in [0.4, 0.5) is 0 Å². The minimum absolute atomic E-state index is 0.151. The Hall–Kier alpha value is -1.36. The fourth-order valence-electron chi connectivity index (χ4n) is 4.13. The Kier molecular flexibility index (Phi) is 4.15. The molecule has 3 unspecified atom stereocenters. The van der Waals surface area contributed by atoms with Crippen LogP contribution >= 0.6 is 22.9 Å². The molecule has 0 radical (unpaired) electrons. The second-order valence-corrected chi connectivity index (χ2v) is 8.50. The van der Waals surface area contributed by atoms with Crippen LogP contribution in [0.3, 0.4) is 0 Å². The number of rotatable bonds is 2. The van der Waals surface area contributed by atoms with Gasteiger partial charge in [0.1, 0.15) is 0 Å². The first kappa shape index (κ1) is 16.1. The lowest BCUT2D eigenvalue weighted by atomic mass is 9.98. The highest BCUT2D eigenvalue weighted by molar-refractivity contribution is 7.17. The second-order valence-electron chi connectivity index (χ2n) is 7.01. The third-order valence-electron chi connectivity index (χ3n) is 5.41. The molecular formula is C19H21ClN2OS. The van der Waals surface area contributed by atoms with Crippen LogP contribution in [0.5, 0.6) is 0 Å². The third-order valence-corrected chi connectivity index (χ3v) is 6.92. The van der Waals surface area contributed by atoms with E-state index < -0.39 is 0 Å². The van der Waals surface area contributed by atoms with E-state index in [4.69, 9.17) is 17.3 Å². The van der Waals surface area contributed by atoms with Gasteiger partial charge < -0.3 is 10.6 Å². The zero-order valence-corrected chi connectivity index (χ0v) is 15.2. The van der Waals surface area contributed by atoms with E-state index in [0.29, 0.717) is 11.8 Å². The van der Waals surface area contributed by atoms with Crippen molar-refractivity contribution in [3.63, 3.8) is 0 Å². The number of fused-ring (bicyclic) bond motifs is 1. The highest BCUT2D eigenvalue weighted by Crippen LogP contribution is 2.39. The number of benzene rings is 1. The number of hydrogen-bond donors (Lipinski definition) is 1. The van der Waals surface area contributed by atoms with Crippen molar-refractivity contribution in [2.75, 3.05) is 13.1 Å². The molecule has 0 spiro atoms. The van der Waals surface area contributed by atoms with E-state index >= 15 is 0 Å². The van der Waals surface area contributed by atoms with E-state index in [1.165, 1.54) is 0 Å². The van der Waals surface area contributed by atoms with Gasteiger partial charge in [-0.15, -0.1) is 11.3 Å². The zero-order valence-electron chi connectivity index (χ0n) is 13.7. The topological polar surface area (TPSA) is 46.3 Å². The number of hydrogen-bond acceptors (Lipinski definition) is 3. The van der Waals surface area contributed by atoms with Crippen molar-refractivity contribution in [2.24, 2.45) is 17.6 Å². The maximum absolute atomic E-state index is 12.9. The van der Waals surface area contributed by atoms with Crippen LogP contribution in [-0.2, 0) is 0 Å². The second kappa shape index (κ2) is 6.17. The summed E-state index contributed by atoms with van der Waals surface area (Å²) in [5.41, 5.74) is 8.39. The van der Waals surface area contributed by atoms with Crippen molar-refractivity contribution in [2.45, 2.75) is 25.8 Å². The van der Waals surface area contributed by atoms with Gasteiger partial charge in [-0.3, -0.25) is 4.79 Å². The van der Waals surface area contributed by atoms with Crippen molar-refractivity contribution >= 4 is 28.8 Å². The number of thiophene rings is 1. The van der Waals surface area contributed by atoms with E-state index in [0.717, 1.165) is 51.8 Å². The summed E-state index contributed by atoms with van der Waals surface area (Å²) in [6, 6.07) is 10.1. The summed E-state index contributed by atoms with van der Waals surface area (Å²) in [5.74, 6) is 1.23. The smallest absolute Gasteiger partial charge is 0.263 e. The van der Waals surface area contributed by atoms with Gasteiger partial charge in [0.05, 0.1) is 4.88 Å². The molecule has 3 atom stereocenters. The normalized spacial score (nSPS) is 26.0. The van der Waals surface area contributed by atoms with Crippen LogP contribution < -0.4 is 5.73 Å². The molecule has 24 heavy (non-hydrogen) atoms.